The van der Waals surface area contributed by atoms with Crippen LogP contribution in [0.4, 0.5) is 0 Å². The zero-order chi connectivity index (χ0) is 15.4. The third-order valence-electron chi connectivity index (χ3n) is 3.03. The summed E-state index contributed by atoms with van der Waals surface area (Å²) in [7, 11) is 0. The van der Waals surface area contributed by atoms with Crippen LogP contribution in [-0.4, -0.2) is 22.7 Å². The fraction of sp³-hybridized carbons (Fsp3) is 0.375. The molecule has 0 saturated heterocycles. The summed E-state index contributed by atoms with van der Waals surface area (Å²) in [5.74, 6) is -0.0169. The van der Waals surface area contributed by atoms with E-state index in [1.165, 1.54) is 22.5 Å². The number of aromatic nitrogens is 1. The number of carboxylic acids is 1. The molecule has 0 aliphatic heterocycles. The number of nitrogens with zero attached hydrogens (tertiary/aromatic N) is 1. The van der Waals surface area contributed by atoms with Crippen molar-refractivity contribution in [2.75, 3.05) is 6.61 Å². The second kappa shape index (κ2) is 6.72. The second-order valence-electron chi connectivity index (χ2n) is 5.10. The summed E-state index contributed by atoms with van der Waals surface area (Å²) in [6.45, 7) is 6.43. The molecule has 2 aromatic rings. The molecule has 0 amide bonds. The van der Waals surface area contributed by atoms with Crippen molar-refractivity contribution in [1.29, 1.82) is 0 Å². The van der Waals surface area contributed by atoms with Crippen LogP contribution in [0.5, 0.6) is 5.75 Å². The highest BCUT2D eigenvalue weighted by Gasteiger charge is 2.13. The minimum atomic E-state index is -0.900. The van der Waals surface area contributed by atoms with Crippen molar-refractivity contribution < 1.29 is 14.6 Å². The normalized spacial score (nSPS) is 10.6. The van der Waals surface area contributed by atoms with E-state index in [1.807, 2.05) is 26.0 Å². The monoisotopic (exact) mass is 305 g/mol. The highest BCUT2D eigenvalue weighted by molar-refractivity contribution is 7.13. The van der Waals surface area contributed by atoms with Crippen LogP contribution >= 0.6 is 11.3 Å². The van der Waals surface area contributed by atoms with Crippen molar-refractivity contribution in [3.63, 3.8) is 0 Å². The summed E-state index contributed by atoms with van der Waals surface area (Å²) in [5, 5.41) is 9.85. The Hall–Kier alpha value is -1.88. The molecule has 4 nitrogen and oxygen atoms in total. The molecule has 0 aliphatic carbocycles. The highest BCUT2D eigenvalue weighted by Crippen LogP contribution is 2.20. The summed E-state index contributed by atoms with van der Waals surface area (Å²) in [5.41, 5.74) is 2.97. The first-order valence-corrected chi connectivity index (χ1v) is 7.68. The van der Waals surface area contributed by atoms with E-state index in [2.05, 4.69) is 11.1 Å². The van der Waals surface area contributed by atoms with Crippen molar-refractivity contribution >= 4 is 17.3 Å². The van der Waals surface area contributed by atoms with Crippen molar-refractivity contribution in [1.82, 2.24) is 4.98 Å². The number of ether oxygens (including phenoxy) is 1. The Morgan fingerprint density at radius 2 is 1.90 bits per heavy atom. The number of aromatic carboxylic acids is 1. The second-order valence-corrected chi connectivity index (χ2v) is 6.19. The molecule has 2 rings (SSSR count). The van der Waals surface area contributed by atoms with E-state index in [-0.39, 0.29) is 0 Å². The van der Waals surface area contributed by atoms with Crippen molar-refractivity contribution in [2.24, 2.45) is 0 Å². The smallest absolute Gasteiger partial charge is 0.347 e. The van der Waals surface area contributed by atoms with Gasteiger partial charge in [-0.3, -0.25) is 0 Å². The number of benzene rings is 1. The molecule has 0 aliphatic rings. The topological polar surface area (TPSA) is 59.4 Å². The standard InChI is InChI=1S/C16H19NO3S/c1-10-7-11(2)9-13(8-10)20-6-4-5-14-17-12(3)15(21-14)16(18)19/h7-9H,4-6H2,1-3H3,(H,18,19). The Morgan fingerprint density at radius 1 is 1.24 bits per heavy atom. The van der Waals surface area contributed by atoms with Crippen LogP contribution in [0.2, 0.25) is 0 Å². The Labute approximate surface area is 128 Å². The first-order valence-electron chi connectivity index (χ1n) is 6.86. The number of thiazole rings is 1. The van der Waals surface area contributed by atoms with Crippen molar-refractivity contribution in [3.05, 3.63) is 44.9 Å². The average Bonchev–Trinajstić information content (AvgIpc) is 2.75. The summed E-state index contributed by atoms with van der Waals surface area (Å²) >= 11 is 1.25. The van der Waals surface area contributed by atoms with Gasteiger partial charge in [-0.1, -0.05) is 6.07 Å². The molecule has 1 heterocycles. The minimum absolute atomic E-state index is 0.334. The molecule has 0 saturated carbocycles. The first-order chi connectivity index (χ1) is 9.95. The van der Waals surface area contributed by atoms with Crippen LogP contribution in [0.15, 0.2) is 18.2 Å². The fourth-order valence-electron chi connectivity index (χ4n) is 2.19. The Bertz CT molecular complexity index is 629. The average molecular weight is 305 g/mol. The summed E-state index contributed by atoms with van der Waals surface area (Å²) in [6, 6.07) is 6.14. The number of hydrogen-bond acceptors (Lipinski definition) is 4. The van der Waals surface area contributed by atoms with Gasteiger partial charge in [0.05, 0.1) is 17.3 Å². The van der Waals surface area contributed by atoms with E-state index in [1.54, 1.807) is 6.92 Å². The molecular weight excluding hydrogens is 286 g/mol. The maximum Gasteiger partial charge on any atom is 0.347 e. The van der Waals surface area contributed by atoms with Crippen LogP contribution in [-0.2, 0) is 6.42 Å². The SMILES string of the molecule is Cc1cc(C)cc(OCCCc2nc(C)c(C(=O)O)s2)c1. The first kappa shape index (κ1) is 15.5. The van der Waals surface area contributed by atoms with Gasteiger partial charge in [0.25, 0.3) is 0 Å². The van der Waals surface area contributed by atoms with Crippen molar-refractivity contribution in [3.8, 4) is 5.75 Å². The van der Waals surface area contributed by atoms with E-state index >= 15 is 0 Å². The van der Waals surface area contributed by atoms with Gasteiger partial charge in [0.2, 0.25) is 0 Å². The number of aryl methyl sites for hydroxylation is 4. The van der Waals surface area contributed by atoms with Gasteiger partial charge < -0.3 is 9.84 Å². The van der Waals surface area contributed by atoms with Crippen LogP contribution in [0.25, 0.3) is 0 Å². The quantitative estimate of drug-likeness (QED) is 0.825. The Kier molecular flexibility index (Phi) is 4.96. The van der Waals surface area contributed by atoms with E-state index in [4.69, 9.17) is 9.84 Å². The molecule has 0 atom stereocenters. The van der Waals surface area contributed by atoms with Crippen molar-refractivity contribution in [2.45, 2.75) is 33.6 Å². The lowest BCUT2D eigenvalue weighted by Gasteiger charge is -2.07. The molecular formula is C16H19NO3S. The van der Waals surface area contributed by atoms with Gasteiger partial charge in [0.15, 0.2) is 0 Å². The highest BCUT2D eigenvalue weighted by atomic mass is 32.1. The lowest BCUT2D eigenvalue weighted by molar-refractivity contribution is 0.0701. The molecule has 112 valence electrons. The Balaban J connectivity index is 1.84. The summed E-state index contributed by atoms with van der Waals surface area (Å²) in [4.78, 5) is 15.6. The minimum Gasteiger partial charge on any atom is -0.494 e. The Morgan fingerprint density at radius 3 is 2.48 bits per heavy atom. The molecule has 1 aromatic carbocycles. The van der Waals surface area contributed by atoms with Gasteiger partial charge in [-0.2, -0.15) is 0 Å². The molecule has 0 spiro atoms. The van der Waals surface area contributed by atoms with E-state index in [9.17, 15) is 4.79 Å². The molecule has 21 heavy (non-hydrogen) atoms. The van der Waals surface area contributed by atoms with Gasteiger partial charge in [-0.25, -0.2) is 9.78 Å². The van der Waals surface area contributed by atoms with E-state index in [0.717, 1.165) is 23.6 Å². The summed E-state index contributed by atoms with van der Waals surface area (Å²) < 4.78 is 5.73. The number of rotatable bonds is 6. The molecule has 1 N–H and O–H groups in total. The lowest BCUT2D eigenvalue weighted by atomic mass is 10.1. The molecule has 0 bridgehead atoms. The van der Waals surface area contributed by atoms with Gasteiger partial charge in [0.1, 0.15) is 10.6 Å². The van der Waals surface area contributed by atoms with Gasteiger partial charge in [0, 0.05) is 6.42 Å². The number of hydrogen-bond donors (Lipinski definition) is 1. The zero-order valence-corrected chi connectivity index (χ0v) is 13.3. The molecule has 0 unspecified atom stereocenters. The molecule has 0 radical (unpaired) electrons. The van der Waals surface area contributed by atoms with Gasteiger partial charge in [-0.15, -0.1) is 11.3 Å². The molecule has 0 fully saturated rings. The zero-order valence-electron chi connectivity index (χ0n) is 12.5. The van der Waals surface area contributed by atoms with Crippen LogP contribution in [0.3, 0.4) is 0 Å². The van der Waals surface area contributed by atoms with Crippen LogP contribution in [0.1, 0.15) is 37.9 Å². The summed E-state index contributed by atoms with van der Waals surface area (Å²) in [6.07, 6.45) is 1.56. The predicted molar refractivity (Wildman–Crippen MR) is 83.5 cm³/mol. The maximum atomic E-state index is 11.0. The largest absolute Gasteiger partial charge is 0.494 e. The maximum absolute atomic E-state index is 11.0. The van der Waals surface area contributed by atoms with Crippen LogP contribution < -0.4 is 4.74 Å². The van der Waals surface area contributed by atoms with E-state index < -0.39 is 5.97 Å². The fourth-order valence-corrected chi connectivity index (χ4v) is 3.13. The van der Waals surface area contributed by atoms with Crippen LogP contribution in [0, 0.1) is 20.8 Å². The number of carboxylic acid groups (broad SMARTS) is 1. The molecule has 1 aromatic heterocycles. The third-order valence-corrected chi connectivity index (χ3v) is 4.24. The lowest BCUT2D eigenvalue weighted by Crippen LogP contribution is -1.99. The van der Waals surface area contributed by atoms with Gasteiger partial charge in [-0.05, 0) is 50.5 Å². The molecule has 5 heteroatoms. The predicted octanol–water partition coefficient (Wildman–Crippen LogP) is 3.78. The third kappa shape index (κ3) is 4.29. The number of carbonyl (C=O) groups is 1. The van der Waals surface area contributed by atoms with E-state index in [0.29, 0.717) is 17.2 Å². The van der Waals surface area contributed by atoms with Gasteiger partial charge >= 0.3 is 5.97 Å².